The van der Waals surface area contributed by atoms with Crippen molar-refractivity contribution < 1.29 is 4.79 Å². The van der Waals surface area contributed by atoms with Gasteiger partial charge in [-0.15, -0.1) is 11.3 Å². The third-order valence-electron chi connectivity index (χ3n) is 2.92. The smallest absolute Gasteiger partial charge is 0.271 e. The highest BCUT2D eigenvalue weighted by Gasteiger charge is 2.17. The average Bonchev–Trinajstić information content (AvgIpc) is 2.79. The molecular weight excluding hydrogens is 286 g/mol. The molecule has 112 valence electrons. The van der Waals surface area contributed by atoms with Crippen molar-refractivity contribution in [1.29, 1.82) is 0 Å². The van der Waals surface area contributed by atoms with Gasteiger partial charge in [-0.1, -0.05) is 0 Å². The maximum absolute atomic E-state index is 12.2. The van der Waals surface area contributed by atoms with Crippen LogP contribution in [-0.4, -0.2) is 27.4 Å². The zero-order chi connectivity index (χ0) is 15.4. The lowest BCUT2D eigenvalue weighted by Crippen LogP contribution is -2.27. The van der Waals surface area contributed by atoms with Gasteiger partial charge in [0.05, 0.1) is 29.1 Å². The maximum atomic E-state index is 12.2. The number of anilines is 1. The van der Waals surface area contributed by atoms with Gasteiger partial charge >= 0.3 is 0 Å². The number of nitrogens with zero attached hydrogens (tertiary/aromatic N) is 3. The lowest BCUT2D eigenvalue weighted by atomic mass is 10.2. The molecule has 0 aliphatic heterocycles. The van der Waals surface area contributed by atoms with Crippen LogP contribution in [0.1, 0.15) is 46.0 Å². The van der Waals surface area contributed by atoms with Gasteiger partial charge in [0.1, 0.15) is 11.5 Å². The second kappa shape index (κ2) is 6.62. The van der Waals surface area contributed by atoms with Gasteiger partial charge in [-0.2, -0.15) is 0 Å². The molecule has 0 spiro atoms. The van der Waals surface area contributed by atoms with Crippen LogP contribution in [0.2, 0.25) is 0 Å². The van der Waals surface area contributed by atoms with Gasteiger partial charge in [0, 0.05) is 11.4 Å². The molecule has 21 heavy (non-hydrogen) atoms. The number of hydrogen-bond acceptors (Lipinski definition) is 6. The molecule has 0 aliphatic rings. The Morgan fingerprint density at radius 1 is 1.33 bits per heavy atom. The third-order valence-corrected chi connectivity index (χ3v) is 4.18. The number of thiazole rings is 1. The van der Waals surface area contributed by atoms with Crippen LogP contribution < -0.4 is 10.6 Å². The Morgan fingerprint density at radius 3 is 2.62 bits per heavy atom. The first-order valence-electron chi connectivity index (χ1n) is 6.82. The minimum Gasteiger partial charge on any atom is -0.369 e. The van der Waals surface area contributed by atoms with E-state index in [4.69, 9.17) is 0 Å². The quantitative estimate of drug-likeness (QED) is 0.887. The van der Waals surface area contributed by atoms with Crippen LogP contribution in [0.3, 0.4) is 0 Å². The molecule has 1 amide bonds. The van der Waals surface area contributed by atoms with Gasteiger partial charge in [0.2, 0.25) is 0 Å². The number of hydrogen-bond donors (Lipinski definition) is 2. The molecule has 0 bridgehead atoms. The Hall–Kier alpha value is -2.02. The number of aromatic nitrogens is 3. The summed E-state index contributed by atoms with van der Waals surface area (Å²) in [7, 11) is 0. The summed E-state index contributed by atoms with van der Waals surface area (Å²) in [5.41, 5.74) is 1.27. The lowest BCUT2D eigenvalue weighted by Gasteiger charge is -2.12. The van der Waals surface area contributed by atoms with E-state index >= 15 is 0 Å². The van der Waals surface area contributed by atoms with E-state index in [9.17, 15) is 4.79 Å². The number of rotatable bonds is 5. The summed E-state index contributed by atoms with van der Waals surface area (Å²) in [4.78, 5) is 25.9. The van der Waals surface area contributed by atoms with E-state index in [2.05, 4.69) is 25.6 Å². The Balaban J connectivity index is 2.05. The summed E-state index contributed by atoms with van der Waals surface area (Å²) in [6, 6.07) is -0.0982. The van der Waals surface area contributed by atoms with Crippen molar-refractivity contribution in [2.75, 3.05) is 11.9 Å². The van der Waals surface area contributed by atoms with Gasteiger partial charge in [-0.05, 0) is 27.7 Å². The molecule has 2 N–H and O–H groups in total. The zero-order valence-corrected chi connectivity index (χ0v) is 13.4. The fraction of sp³-hybridized carbons (Fsp3) is 0.429. The normalized spacial score (nSPS) is 12.0. The molecule has 6 nitrogen and oxygen atoms in total. The van der Waals surface area contributed by atoms with Gasteiger partial charge in [0.15, 0.2) is 0 Å². The monoisotopic (exact) mass is 305 g/mol. The molecule has 0 aromatic carbocycles. The van der Waals surface area contributed by atoms with Crippen molar-refractivity contribution in [3.63, 3.8) is 0 Å². The highest BCUT2D eigenvalue weighted by atomic mass is 32.1. The first-order chi connectivity index (χ1) is 10.0. The van der Waals surface area contributed by atoms with Crippen molar-refractivity contribution in [1.82, 2.24) is 20.3 Å². The molecule has 2 rings (SSSR count). The molecule has 7 heteroatoms. The zero-order valence-electron chi connectivity index (χ0n) is 12.6. The van der Waals surface area contributed by atoms with Crippen LogP contribution in [0.4, 0.5) is 5.82 Å². The third kappa shape index (κ3) is 3.75. The molecular formula is C14H19N5OS. The van der Waals surface area contributed by atoms with Crippen LogP contribution in [0.25, 0.3) is 0 Å². The minimum atomic E-state index is -0.233. The summed E-state index contributed by atoms with van der Waals surface area (Å²) in [6.07, 6.45) is 3.04. The molecule has 2 heterocycles. The van der Waals surface area contributed by atoms with Gasteiger partial charge in [0.25, 0.3) is 5.91 Å². The molecule has 0 radical (unpaired) electrons. The molecule has 0 saturated carbocycles. The summed E-state index contributed by atoms with van der Waals surface area (Å²) in [5.74, 6) is 0.430. The van der Waals surface area contributed by atoms with E-state index in [1.54, 1.807) is 17.5 Å². The highest BCUT2D eigenvalue weighted by Crippen LogP contribution is 2.24. The van der Waals surface area contributed by atoms with Crippen molar-refractivity contribution >= 4 is 23.1 Å². The van der Waals surface area contributed by atoms with E-state index < -0.39 is 0 Å². The largest absolute Gasteiger partial charge is 0.369 e. The number of nitrogens with one attached hydrogen (secondary N) is 2. The lowest BCUT2D eigenvalue weighted by molar-refractivity contribution is 0.0935. The number of aryl methyl sites for hydroxylation is 2. The molecule has 1 unspecified atom stereocenters. The predicted molar refractivity (Wildman–Crippen MR) is 83.7 cm³/mol. The standard InChI is InChI=1S/C14H19N5OS/c1-5-15-12-7-16-11(6-17-12)14(20)19-9(3)13-8(2)18-10(4)21-13/h6-7,9H,5H2,1-4H3,(H,15,17)(H,19,20). The molecule has 2 aromatic heterocycles. The molecule has 1 atom stereocenters. The van der Waals surface area contributed by atoms with Gasteiger partial charge in [-0.3, -0.25) is 4.79 Å². The second-order valence-corrected chi connectivity index (χ2v) is 5.93. The van der Waals surface area contributed by atoms with Crippen LogP contribution in [-0.2, 0) is 0 Å². The first-order valence-corrected chi connectivity index (χ1v) is 7.63. The summed E-state index contributed by atoms with van der Waals surface area (Å²) >= 11 is 1.60. The van der Waals surface area contributed by atoms with Crippen LogP contribution >= 0.6 is 11.3 Å². The van der Waals surface area contributed by atoms with E-state index in [-0.39, 0.29) is 11.9 Å². The van der Waals surface area contributed by atoms with E-state index in [0.29, 0.717) is 11.5 Å². The van der Waals surface area contributed by atoms with Gasteiger partial charge < -0.3 is 10.6 Å². The Morgan fingerprint density at radius 2 is 2.10 bits per heavy atom. The average molecular weight is 305 g/mol. The summed E-state index contributed by atoms with van der Waals surface area (Å²) in [6.45, 7) is 8.59. The molecule has 0 fully saturated rings. The van der Waals surface area contributed by atoms with Crippen molar-refractivity contribution in [2.24, 2.45) is 0 Å². The van der Waals surface area contributed by atoms with Crippen LogP contribution in [0.15, 0.2) is 12.4 Å². The van der Waals surface area contributed by atoms with Crippen molar-refractivity contribution in [3.05, 3.63) is 33.7 Å². The second-order valence-electron chi connectivity index (χ2n) is 4.69. The Labute approximate surface area is 128 Å². The van der Waals surface area contributed by atoms with Crippen LogP contribution in [0.5, 0.6) is 0 Å². The number of carbonyl (C=O) groups is 1. The SMILES string of the molecule is CCNc1cnc(C(=O)NC(C)c2sc(C)nc2C)cn1. The molecule has 0 saturated heterocycles. The summed E-state index contributed by atoms with van der Waals surface area (Å²) < 4.78 is 0. The van der Waals surface area contributed by atoms with Gasteiger partial charge in [-0.25, -0.2) is 15.0 Å². The van der Waals surface area contributed by atoms with Crippen LogP contribution in [0, 0.1) is 13.8 Å². The fourth-order valence-electron chi connectivity index (χ4n) is 2.00. The van der Waals surface area contributed by atoms with Crippen molar-refractivity contribution in [3.8, 4) is 0 Å². The van der Waals surface area contributed by atoms with E-state index in [0.717, 1.165) is 22.1 Å². The predicted octanol–water partition coefficient (Wildman–Crippen LogP) is 2.47. The fourth-order valence-corrected chi connectivity index (χ4v) is 2.93. The topological polar surface area (TPSA) is 79.8 Å². The summed E-state index contributed by atoms with van der Waals surface area (Å²) in [5, 5.41) is 6.96. The number of carbonyl (C=O) groups excluding carboxylic acids is 1. The highest BCUT2D eigenvalue weighted by molar-refractivity contribution is 7.11. The van der Waals surface area contributed by atoms with Crippen molar-refractivity contribution in [2.45, 2.75) is 33.7 Å². The molecule has 2 aromatic rings. The van der Waals surface area contributed by atoms with E-state index in [1.807, 2.05) is 27.7 Å². The Kier molecular flexibility index (Phi) is 4.85. The van der Waals surface area contributed by atoms with E-state index in [1.165, 1.54) is 6.20 Å². The molecule has 0 aliphatic carbocycles. The first kappa shape index (κ1) is 15.4. The Bertz CT molecular complexity index is 623. The minimum absolute atomic E-state index is 0.0982. The number of amides is 1. The maximum Gasteiger partial charge on any atom is 0.271 e.